The van der Waals surface area contributed by atoms with E-state index in [1.807, 2.05) is 0 Å². The molecule has 0 heterocycles. The number of hydrogen-bond acceptors (Lipinski definition) is 8. The Labute approximate surface area is 233 Å². The minimum atomic E-state index is -0.297. The van der Waals surface area contributed by atoms with Gasteiger partial charge in [-0.25, -0.2) is 0 Å². The second-order valence-corrected chi connectivity index (χ2v) is 9.61. The predicted octanol–water partition coefficient (Wildman–Crippen LogP) is 6.13. The zero-order valence-electron chi connectivity index (χ0n) is 24.9. The fourth-order valence-electron chi connectivity index (χ4n) is 3.84. The van der Waals surface area contributed by atoms with E-state index in [1.54, 1.807) is 0 Å². The van der Waals surface area contributed by atoms with Crippen LogP contribution in [0.15, 0.2) is 0 Å². The smallest absolute Gasteiger partial charge is 0.302 e. The number of esters is 1. The quantitative estimate of drug-likeness (QED) is 0.0716. The Morgan fingerprint density at radius 3 is 0.947 bits per heavy atom. The minimum Gasteiger partial charge on any atom is -0.463 e. The van der Waals surface area contributed by atoms with Crippen molar-refractivity contribution in [2.45, 2.75) is 104 Å². The Hall–Kier alpha value is -0.770. The van der Waals surface area contributed by atoms with E-state index < -0.39 is 0 Å². The third-order valence-corrected chi connectivity index (χ3v) is 6.04. The van der Waals surface area contributed by atoms with Gasteiger partial charge in [0.1, 0.15) is 6.61 Å². The Morgan fingerprint density at radius 2 is 0.632 bits per heavy atom. The van der Waals surface area contributed by atoms with Crippen molar-refractivity contribution in [3.63, 3.8) is 0 Å². The van der Waals surface area contributed by atoms with Crippen LogP contribution in [0.25, 0.3) is 0 Å². The average molecular weight is 549 g/mol. The van der Waals surface area contributed by atoms with Crippen LogP contribution in [-0.4, -0.2) is 91.9 Å². The summed E-state index contributed by atoms with van der Waals surface area (Å²) in [7, 11) is 0. The standard InChI is InChI=1S/C30H60O8/c1-3-4-5-6-7-8-9-10-11-12-13-14-15-16-17-32-18-19-33-20-21-34-22-23-35-24-25-36-26-27-37-28-29-38-30(2)31/h3-29H2,1-2H3. The SMILES string of the molecule is CCCCCCCCCCCCCCCCOCCOCCOCCOCCOCCOCCOC(C)=O. The average Bonchev–Trinajstić information content (AvgIpc) is 2.91. The normalized spacial score (nSPS) is 11.3. The maximum atomic E-state index is 10.6. The van der Waals surface area contributed by atoms with Crippen LogP contribution in [0.3, 0.4) is 0 Å². The Kier molecular flexibility index (Phi) is 33.6. The molecule has 38 heavy (non-hydrogen) atoms. The molecule has 8 nitrogen and oxygen atoms in total. The predicted molar refractivity (Wildman–Crippen MR) is 152 cm³/mol. The largest absolute Gasteiger partial charge is 0.463 e. The molecule has 0 aromatic rings. The fraction of sp³-hybridized carbons (Fsp3) is 0.967. The first-order valence-electron chi connectivity index (χ1n) is 15.4. The highest BCUT2D eigenvalue weighted by molar-refractivity contribution is 5.65. The molecule has 8 heteroatoms. The van der Waals surface area contributed by atoms with Gasteiger partial charge in [-0.1, -0.05) is 90.4 Å². The van der Waals surface area contributed by atoms with Crippen LogP contribution in [0.5, 0.6) is 0 Å². The first kappa shape index (κ1) is 37.2. The lowest BCUT2D eigenvalue weighted by molar-refractivity contribution is -0.142. The molecular formula is C30H60O8. The van der Waals surface area contributed by atoms with Crippen molar-refractivity contribution in [2.75, 3.05) is 85.9 Å². The van der Waals surface area contributed by atoms with Crippen molar-refractivity contribution in [3.8, 4) is 0 Å². The molecule has 0 aromatic heterocycles. The van der Waals surface area contributed by atoms with E-state index in [1.165, 1.54) is 90.4 Å². The second kappa shape index (κ2) is 34.3. The van der Waals surface area contributed by atoms with Crippen LogP contribution in [0.2, 0.25) is 0 Å². The van der Waals surface area contributed by atoms with Crippen LogP contribution in [-0.2, 0) is 38.0 Å². The van der Waals surface area contributed by atoms with E-state index in [0.29, 0.717) is 72.7 Å². The summed E-state index contributed by atoms with van der Waals surface area (Å²) in [6.45, 7) is 10.6. The third-order valence-electron chi connectivity index (χ3n) is 6.04. The van der Waals surface area contributed by atoms with Crippen LogP contribution in [0, 0.1) is 0 Å². The summed E-state index contributed by atoms with van der Waals surface area (Å²) in [5, 5.41) is 0. The summed E-state index contributed by atoms with van der Waals surface area (Å²) < 4.78 is 37.5. The van der Waals surface area contributed by atoms with Gasteiger partial charge in [-0.2, -0.15) is 0 Å². The lowest BCUT2D eigenvalue weighted by Gasteiger charge is -2.08. The first-order valence-corrected chi connectivity index (χ1v) is 15.4. The van der Waals surface area contributed by atoms with Crippen LogP contribution in [0.4, 0.5) is 0 Å². The van der Waals surface area contributed by atoms with Gasteiger partial charge in [-0.15, -0.1) is 0 Å². The van der Waals surface area contributed by atoms with Gasteiger partial charge in [-0.05, 0) is 6.42 Å². The van der Waals surface area contributed by atoms with E-state index in [0.717, 1.165) is 13.0 Å². The van der Waals surface area contributed by atoms with Gasteiger partial charge >= 0.3 is 5.97 Å². The van der Waals surface area contributed by atoms with Gasteiger partial charge in [0.2, 0.25) is 0 Å². The van der Waals surface area contributed by atoms with E-state index in [9.17, 15) is 4.79 Å². The summed E-state index contributed by atoms with van der Waals surface area (Å²) in [5.41, 5.74) is 0. The number of unbranched alkanes of at least 4 members (excludes halogenated alkanes) is 13. The Balaban J connectivity index is 3.02. The van der Waals surface area contributed by atoms with Gasteiger partial charge in [0.05, 0.1) is 72.7 Å². The minimum absolute atomic E-state index is 0.275. The highest BCUT2D eigenvalue weighted by Crippen LogP contribution is 2.12. The topological polar surface area (TPSA) is 81.7 Å². The van der Waals surface area contributed by atoms with Gasteiger partial charge < -0.3 is 33.2 Å². The van der Waals surface area contributed by atoms with Gasteiger partial charge in [-0.3, -0.25) is 4.79 Å². The number of carbonyl (C=O) groups excluding carboxylic acids is 1. The summed E-state index contributed by atoms with van der Waals surface area (Å²) in [6, 6.07) is 0. The maximum Gasteiger partial charge on any atom is 0.302 e. The number of rotatable bonds is 33. The fourth-order valence-corrected chi connectivity index (χ4v) is 3.84. The Morgan fingerprint density at radius 1 is 0.368 bits per heavy atom. The molecule has 0 amide bonds. The van der Waals surface area contributed by atoms with Crippen molar-refractivity contribution in [1.29, 1.82) is 0 Å². The molecule has 0 saturated heterocycles. The number of hydrogen-bond donors (Lipinski definition) is 0. The zero-order chi connectivity index (χ0) is 27.6. The molecule has 0 aliphatic carbocycles. The molecule has 0 radical (unpaired) electrons. The van der Waals surface area contributed by atoms with E-state index in [4.69, 9.17) is 33.2 Å². The molecule has 0 spiro atoms. The lowest BCUT2D eigenvalue weighted by Crippen LogP contribution is -2.14. The molecule has 0 aromatic carbocycles. The molecule has 228 valence electrons. The van der Waals surface area contributed by atoms with Crippen molar-refractivity contribution < 1.29 is 38.0 Å². The summed E-state index contributed by atoms with van der Waals surface area (Å²) in [6.07, 6.45) is 19.3. The molecule has 0 bridgehead atoms. The van der Waals surface area contributed by atoms with Crippen molar-refractivity contribution in [3.05, 3.63) is 0 Å². The number of ether oxygens (including phenoxy) is 7. The summed E-state index contributed by atoms with van der Waals surface area (Å²) >= 11 is 0. The van der Waals surface area contributed by atoms with Crippen molar-refractivity contribution in [1.82, 2.24) is 0 Å². The molecule has 0 unspecified atom stereocenters. The number of carbonyl (C=O) groups is 1. The summed E-state index contributed by atoms with van der Waals surface area (Å²) in [5.74, 6) is -0.297. The third kappa shape index (κ3) is 35.2. The van der Waals surface area contributed by atoms with Gasteiger partial charge in [0.25, 0.3) is 0 Å². The zero-order valence-corrected chi connectivity index (χ0v) is 24.9. The van der Waals surface area contributed by atoms with E-state index >= 15 is 0 Å². The monoisotopic (exact) mass is 548 g/mol. The van der Waals surface area contributed by atoms with Gasteiger partial charge in [0.15, 0.2) is 0 Å². The van der Waals surface area contributed by atoms with E-state index in [-0.39, 0.29) is 12.6 Å². The highest BCUT2D eigenvalue weighted by Gasteiger charge is 1.97. The molecule has 0 saturated carbocycles. The molecule has 0 N–H and O–H groups in total. The molecule has 0 fully saturated rings. The van der Waals surface area contributed by atoms with Crippen LogP contribution >= 0.6 is 0 Å². The lowest BCUT2D eigenvalue weighted by atomic mass is 10.0. The highest BCUT2D eigenvalue weighted by atomic mass is 16.6. The van der Waals surface area contributed by atoms with Crippen LogP contribution < -0.4 is 0 Å². The first-order chi connectivity index (χ1) is 18.8. The Bertz CT molecular complexity index is 450. The van der Waals surface area contributed by atoms with Gasteiger partial charge in [0, 0.05) is 13.5 Å². The van der Waals surface area contributed by atoms with Crippen LogP contribution in [0.1, 0.15) is 104 Å². The van der Waals surface area contributed by atoms with Crippen molar-refractivity contribution in [2.24, 2.45) is 0 Å². The van der Waals surface area contributed by atoms with E-state index in [2.05, 4.69) is 6.92 Å². The molecule has 0 rings (SSSR count). The second-order valence-electron chi connectivity index (χ2n) is 9.61. The molecule has 0 atom stereocenters. The summed E-state index contributed by atoms with van der Waals surface area (Å²) in [4.78, 5) is 10.6. The molecular weight excluding hydrogens is 488 g/mol. The molecule has 0 aliphatic rings. The van der Waals surface area contributed by atoms with Crippen molar-refractivity contribution >= 4 is 5.97 Å². The maximum absolute atomic E-state index is 10.6. The molecule has 0 aliphatic heterocycles.